The predicted molar refractivity (Wildman–Crippen MR) is 134 cm³/mol. The van der Waals surface area contributed by atoms with Crippen LogP contribution in [0.4, 0.5) is 5.82 Å². The molecular formula is C22H33IN6O. The van der Waals surface area contributed by atoms with Gasteiger partial charge in [-0.25, -0.2) is 9.98 Å². The number of hydrogen-bond donors (Lipinski definition) is 2. The van der Waals surface area contributed by atoms with Gasteiger partial charge in [-0.2, -0.15) is 0 Å². The van der Waals surface area contributed by atoms with Gasteiger partial charge < -0.3 is 25.2 Å². The zero-order valence-corrected chi connectivity index (χ0v) is 20.4. The first-order chi connectivity index (χ1) is 14.2. The van der Waals surface area contributed by atoms with E-state index in [1.165, 1.54) is 5.56 Å². The number of aromatic nitrogens is 1. The summed E-state index contributed by atoms with van der Waals surface area (Å²) in [6.45, 7) is 8.39. The molecule has 30 heavy (non-hydrogen) atoms. The normalized spacial score (nSPS) is 14.8. The van der Waals surface area contributed by atoms with E-state index in [2.05, 4.69) is 57.6 Å². The predicted octanol–water partition coefficient (Wildman–Crippen LogP) is 2.72. The number of nitrogens with one attached hydrogen (secondary N) is 2. The van der Waals surface area contributed by atoms with Crippen LogP contribution in [0.25, 0.3) is 0 Å². The molecule has 1 aliphatic heterocycles. The summed E-state index contributed by atoms with van der Waals surface area (Å²) in [6.07, 6.45) is 1.89. The molecule has 8 heteroatoms. The Kier molecular flexibility index (Phi) is 10.2. The Morgan fingerprint density at radius 1 is 1.07 bits per heavy atom. The van der Waals surface area contributed by atoms with E-state index in [1.807, 2.05) is 24.4 Å². The van der Waals surface area contributed by atoms with E-state index in [9.17, 15) is 0 Å². The summed E-state index contributed by atoms with van der Waals surface area (Å²) in [4.78, 5) is 14.0. The second-order valence-electron chi connectivity index (χ2n) is 7.21. The van der Waals surface area contributed by atoms with Crippen molar-refractivity contribution in [3.63, 3.8) is 0 Å². The van der Waals surface area contributed by atoms with Crippen LogP contribution >= 0.6 is 24.0 Å². The zero-order chi connectivity index (χ0) is 20.5. The van der Waals surface area contributed by atoms with Crippen molar-refractivity contribution >= 4 is 35.8 Å². The van der Waals surface area contributed by atoms with Gasteiger partial charge in [-0.3, -0.25) is 0 Å². The third-order valence-electron chi connectivity index (χ3n) is 5.02. The number of anilines is 1. The van der Waals surface area contributed by atoms with E-state index in [0.717, 1.165) is 55.8 Å². The lowest BCUT2D eigenvalue weighted by atomic mass is 10.2. The van der Waals surface area contributed by atoms with Crippen LogP contribution in [0.1, 0.15) is 18.1 Å². The Morgan fingerprint density at radius 2 is 1.80 bits per heavy atom. The number of aliphatic imine (C=N–C) groups is 1. The van der Waals surface area contributed by atoms with Crippen LogP contribution < -0.4 is 20.3 Å². The highest BCUT2D eigenvalue weighted by Crippen LogP contribution is 2.15. The molecule has 0 spiro atoms. The van der Waals surface area contributed by atoms with Gasteiger partial charge in [-0.15, -0.1) is 24.0 Å². The Balaban J connectivity index is 0.00000320. The maximum Gasteiger partial charge on any atom is 0.191 e. The van der Waals surface area contributed by atoms with Crippen LogP contribution in [0.5, 0.6) is 5.75 Å². The van der Waals surface area contributed by atoms with Crippen LogP contribution in [-0.2, 0) is 13.1 Å². The zero-order valence-electron chi connectivity index (χ0n) is 18.1. The molecule has 0 unspecified atom stereocenters. The number of benzene rings is 1. The van der Waals surface area contributed by atoms with Gasteiger partial charge in [-0.05, 0) is 49.4 Å². The van der Waals surface area contributed by atoms with Crippen LogP contribution in [0, 0.1) is 0 Å². The Hall–Kier alpha value is -2.07. The van der Waals surface area contributed by atoms with Crippen molar-refractivity contribution < 1.29 is 4.74 Å². The van der Waals surface area contributed by atoms with Crippen molar-refractivity contribution in [3.8, 4) is 5.75 Å². The first-order valence-corrected chi connectivity index (χ1v) is 10.2. The molecule has 164 valence electrons. The molecule has 0 radical (unpaired) electrons. The average molecular weight is 524 g/mol. The molecule has 2 aromatic rings. The lowest BCUT2D eigenvalue weighted by Crippen LogP contribution is -2.44. The van der Waals surface area contributed by atoms with E-state index in [1.54, 1.807) is 7.11 Å². The van der Waals surface area contributed by atoms with Gasteiger partial charge in [0.15, 0.2) is 5.96 Å². The molecule has 3 rings (SSSR count). The molecule has 0 atom stereocenters. The van der Waals surface area contributed by atoms with Crippen molar-refractivity contribution in [1.29, 1.82) is 0 Å². The summed E-state index contributed by atoms with van der Waals surface area (Å²) in [7, 11) is 3.84. The highest BCUT2D eigenvalue weighted by molar-refractivity contribution is 14.0. The second kappa shape index (κ2) is 12.6. The number of piperazine rings is 1. The molecule has 1 fully saturated rings. The van der Waals surface area contributed by atoms with Crippen LogP contribution in [-0.4, -0.2) is 62.7 Å². The van der Waals surface area contributed by atoms with E-state index in [0.29, 0.717) is 13.1 Å². The summed E-state index contributed by atoms with van der Waals surface area (Å²) in [6, 6.07) is 12.2. The number of halogens is 1. The van der Waals surface area contributed by atoms with Crippen LogP contribution in [0.2, 0.25) is 0 Å². The number of ether oxygens (including phenoxy) is 1. The Bertz CT molecular complexity index is 790. The standard InChI is InChI=1S/C22H32N6O.HI/c1-4-23-22(25-16-18-5-7-20(29-3)8-6-18)26-17-19-9-10-24-21(15-19)28-13-11-27(2)12-14-28;/h5-10,15H,4,11-14,16-17H2,1-3H3,(H2,23,25,26);1H. The number of likely N-dealkylation sites (N-methyl/N-ethyl adjacent to an activating group) is 1. The van der Waals surface area contributed by atoms with E-state index in [4.69, 9.17) is 9.73 Å². The van der Waals surface area contributed by atoms with Gasteiger partial charge in [0, 0.05) is 45.5 Å². The highest BCUT2D eigenvalue weighted by Gasteiger charge is 2.15. The minimum atomic E-state index is 0. The van der Waals surface area contributed by atoms with E-state index in [-0.39, 0.29) is 24.0 Å². The lowest BCUT2D eigenvalue weighted by Gasteiger charge is -2.33. The monoisotopic (exact) mass is 524 g/mol. The van der Waals surface area contributed by atoms with Crippen LogP contribution in [0.15, 0.2) is 47.6 Å². The highest BCUT2D eigenvalue weighted by atomic mass is 127. The molecule has 2 heterocycles. The first kappa shape index (κ1) is 24.2. The van der Waals surface area contributed by atoms with Gasteiger partial charge in [0.05, 0.1) is 13.7 Å². The minimum absolute atomic E-state index is 0. The first-order valence-electron chi connectivity index (χ1n) is 10.2. The summed E-state index contributed by atoms with van der Waals surface area (Å²) < 4.78 is 5.21. The van der Waals surface area contributed by atoms with Crippen molar-refractivity contribution in [1.82, 2.24) is 20.5 Å². The number of guanidine groups is 1. The molecule has 1 aromatic carbocycles. The smallest absolute Gasteiger partial charge is 0.191 e. The number of nitrogens with zero attached hydrogens (tertiary/aromatic N) is 4. The van der Waals surface area contributed by atoms with Gasteiger partial charge in [0.1, 0.15) is 11.6 Å². The summed E-state index contributed by atoms with van der Waals surface area (Å²) in [5, 5.41) is 6.71. The summed E-state index contributed by atoms with van der Waals surface area (Å²) in [5.41, 5.74) is 2.34. The van der Waals surface area contributed by atoms with Crippen molar-refractivity contribution in [2.75, 3.05) is 51.8 Å². The maximum atomic E-state index is 5.21. The minimum Gasteiger partial charge on any atom is -0.497 e. The SMILES string of the molecule is CCNC(=NCc1ccnc(N2CCN(C)CC2)c1)NCc1ccc(OC)cc1.I. The Labute approximate surface area is 196 Å². The van der Waals surface area contributed by atoms with Gasteiger partial charge in [0.2, 0.25) is 0 Å². The maximum absolute atomic E-state index is 5.21. The molecule has 2 N–H and O–H groups in total. The lowest BCUT2D eigenvalue weighted by molar-refractivity contribution is 0.312. The topological polar surface area (TPSA) is 65.0 Å². The van der Waals surface area contributed by atoms with Gasteiger partial charge in [-0.1, -0.05) is 12.1 Å². The molecule has 0 bridgehead atoms. The third-order valence-corrected chi connectivity index (χ3v) is 5.02. The molecule has 1 aliphatic rings. The molecule has 0 saturated carbocycles. The van der Waals surface area contributed by atoms with E-state index < -0.39 is 0 Å². The van der Waals surface area contributed by atoms with Crippen molar-refractivity contribution in [3.05, 3.63) is 53.7 Å². The van der Waals surface area contributed by atoms with Crippen molar-refractivity contribution in [2.45, 2.75) is 20.0 Å². The van der Waals surface area contributed by atoms with E-state index >= 15 is 0 Å². The molecule has 7 nitrogen and oxygen atoms in total. The fraction of sp³-hybridized carbons (Fsp3) is 0.455. The second-order valence-corrected chi connectivity index (χ2v) is 7.21. The van der Waals surface area contributed by atoms with Gasteiger partial charge >= 0.3 is 0 Å². The fourth-order valence-electron chi connectivity index (χ4n) is 3.21. The number of pyridine rings is 1. The Morgan fingerprint density at radius 3 is 2.47 bits per heavy atom. The summed E-state index contributed by atoms with van der Waals surface area (Å²) >= 11 is 0. The number of rotatable bonds is 7. The average Bonchev–Trinajstić information content (AvgIpc) is 2.77. The van der Waals surface area contributed by atoms with Crippen LogP contribution in [0.3, 0.4) is 0 Å². The molecule has 1 aromatic heterocycles. The molecular weight excluding hydrogens is 491 g/mol. The third kappa shape index (κ3) is 7.32. The largest absolute Gasteiger partial charge is 0.497 e. The summed E-state index contributed by atoms with van der Waals surface area (Å²) in [5.74, 6) is 2.71. The quantitative estimate of drug-likeness (QED) is 0.330. The molecule has 0 aliphatic carbocycles. The molecule has 1 saturated heterocycles. The fourth-order valence-corrected chi connectivity index (χ4v) is 3.21. The van der Waals surface area contributed by atoms with Crippen molar-refractivity contribution in [2.24, 2.45) is 4.99 Å². The molecule has 0 amide bonds. The van der Waals surface area contributed by atoms with Gasteiger partial charge in [0.25, 0.3) is 0 Å². The number of hydrogen-bond acceptors (Lipinski definition) is 5. The number of methoxy groups -OCH3 is 1.